The standard InChI is InChI=1S/C14H22O/c1-4-5-6-13-10-12(9-11(2)3)7-8-14(13)15/h7-8,10-11,15H,4-6,9H2,1-3H3. The van der Waals surface area contributed by atoms with Gasteiger partial charge in [0.1, 0.15) is 5.75 Å². The maximum Gasteiger partial charge on any atom is 0.118 e. The van der Waals surface area contributed by atoms with Crippen LogP contribution in [0, 0.1) is 5.92 Å². The molecule has 1 aromatic carbocycles. The van der Waals surface area contributed by atoms with Crippen LogP contribution in [0.2, 0.25) is 0 Å². The highest BCUT2D eigenvalue weighted by molar-refractivity contribution is 5.36. The molecule has 15 heavy (non-hydrogen) atoms. The summed E-state index contributed by atoms with van der Waals surface area (Å²) >= 11 is 0. The van der Waals surface area contributed by atoms with E-state index in [4.69, 9.17) is 0 Å². The van der Waals surface area contributed by atoms with Gasteiger partial charge >= 0.3 is 0 Å². The van der Waals surface area contributed by atoms with Crippen LogP contribution in [0.1, 0.15) is 44.7 Å². The molecule has 0 atom stereocenters. The Morgan fingerprint density at radius 2 is 2.00 bits per heavy atom. The topological polar surface area (TPSA) is 20.2 Å². The first-order chi connectivity index (χ1) is 7.13. The summed E-state index contributed by atoms with van der Waals surface area (Å²) in [5, 5.41) is 9.70. The van der Waals surface area contributed by atoms with Crippen molar-refractivity contribution in [3.05, 3.63) is 29.3 Å². The Kier molecular flexibility index (Phi) is 4.67. The predicted octanol–water partition coefficient (Wildman–Crippen LogP) is 3.93. The smallest absolute Gasteiger partial charge is 0.118 e. The van der Waals surface area contributed by atoms with Crippen molar-refractivity contribution >= 4 is 0 Å². The molecular weight excluding hydrogens is 184 g/mol. The number of aromatic hydroxyl groups is 1. The minimum absolute atomic E-state index is 0.455. The second kappa shape index (κ2) is 5.79. The molecule has 0 fully saturated rings. The first-order valence-electron chi connectivity index (χ1n) is 5.94. The highest BCUT2D eigenvalue weighted by Gasteiger charge is 2.04. The summed E-state index contributed by atoms with van der Waals surface area (Å²) in [6.45, 7) is 6.62. The first kappa shape index (κ1) is 12.1. The number of benzene rings is 1. The van der Waals surface area contributed by atoms with E-state index < -0.39 is 0 Å². The van der Waals surface area contributed by atoms with Crippen LogP contribution in [-0.2, 0) is 12.8 Å². The van der Waals surface area contributed by atoms with Gasteiger partial charge in [-0.1, -0.05) is 39.3 Å². The summed E-state index contributed by atoms with van der Waals surface area (Å²) in [6.07, 6.45) is 4.42. The number of aryl methyl sites for hydroxylation is 1. The van der Waals surface area contributed by atoms with Gasteiger partial charge in [-0.15, -0.1) is 0 Å². The maximum absolute atomic E-state index is 9.70. The molecule has 1 N–H and O–H groups in total. The fraction of sp³-hybridized carbons (Fsp3) is 0.571. The van der Waals surface area contributed by atoms with Crippen LogP contribution in [0.3, 0.4) is 0 Å². The summed E-state index contributed by atoms with van der Waals surface area (Å²) in [5.74, 6) is 1.13. The van der Waals surface area contributed by atoms with E-state index in [0.29, 0.717) is 11.7 Å². The third kappa shape index (κ3) is 3.94. The Bertz CT molecular complexity index is 302. The van der Waals surface area contributed by atoms with Crippen molar-refractivity contribution in [2.45, 2.75) is 46.5 Å². The number of unbranched alkanes of at least 4 members (excludes halogenated alkanes) is 1. The lowest BCUT2D eigenvalue weighted by Gasteiger charge is -2.09. The Balaban J connectivity index is 2.75. The molecule has 1 aromatic rings. The summed E-state index contributed by atoms with van der Waals surface area (Å²) in [5.41, 5.74) is 2.45. The highest BCUT2D eigenvalue weighted by atomic mass is 16.3. The van der Waals surface area contributed by atoms with Crippen LogP contribution < -0.4 is 0 Å². The second-order valence-corrected chi connectivity index (χ2v) is 4.66. The van der Waals surface area contributed by atoms with Crippen LogP contribution >= 0.6 is 0 Å². The molecule has 0 spiro atoms. The van der Waals surface area contributed by atoms with Gasteiger partial charge in [-0.3, -0.25) is 0 Å². The molecular formula is C14H22O. The first-order valence-corrected chi connectivity index (χ1v) is 5.94. The van der Waals surface area contributed by atoms with Crippen LogP contribution in [-0.4, -0.2) is 5.11 Å². The Morgan fingerprint density at radius 1 is 1.27 bits per heavy atom. The third-order valence-electron chi connectivity index (χ3n) is 2.59. The van der Waals surface area contributed by atoms with Crippen molar-refractivity contribution in [1.82, 2.24) is 0 Å². The van der Waals surface area contributed by atoms with Crippen molar-refractivity contribution in [3.8, 4) is 5.75 Å². The van der Waals surface area contributed by atoms with Crippen LogP contribution in [0.4, 0.5) is 0 Å². The average Bonchev–Trinajstić information content (AvgIpc) is 2.18. The number of rotatable bonds is 5. The van der Waals surface area contributed by atoms with E-state index >= 15 is 0 Å². The molecule has 0 aromatic heterocycles. The maximum atomic E-state index is 9.70. The monoisotopic (exact) mass is 206 g/mol. The summed E-state index contributed by atoms with van der Waals surface area (Å²) in [7, 11) is 0. The van der Waals surface area contributed by atoms with E-state index in [2.05, 4.69) is 26.8 Å². The van der Waals surface area contributed by atoms with E-state index in [1.165, 1.54) is 12.0 Å². The number of phenols is 1. The van der Waals surface area contributed by atoms with E-state index in [1.807, 2.05) is 12.1 Å². The van der Waals surface area contributed by atoms with Crippen molar-refractivity contribution in [2.75, 3.05) is 0 Å². The lowest BCUT2D eigenvalue weighted by molar-refractivity contribution is 0.466. The molecule has 0 amide bonds. The van der Waals surface area contributed by atoms with E-state index in [-0.39, 0.29) is 0 Å². The minimum atomic E-state index is 0.455. The quantitative estimate of drug-likeness (QED) is 0.773. The molecule has 84 valence electrons. The van der Waals surface area contributed by atoms with Crippen molar-refractivity contribution in [2.24, 2.45) is 5.92 Å². The molecule has 1 rings (SSSR count). The van der Waals surface area contributed by atoms with E-state index in [1.54, 1.807) is 0 Å². The van der Waals surface area contributed by atoms with Crippen LogP contribution in [0.15, 0.2) is 18.2 Å². The second-order valence-electron chi connectivity index (χ2n) is 4.66. The van der Waals surface area contributed by atoms with Gasteiger partial charge < -0.3 is 5.11 Å². The predicted molar refractivity (Wildman–Crippen MR) is 65.3 cm³/mol. The molecule has 1 heteroatoms. The third-order valence-corrected chi connectivity index (χ3v) is 2.59. The summed E-state index contributed by atoms with van der Waals surface area (Å²) in [6, 6.07) is 6.03. The minimum Gasteiger partial charge on any atom is -0.508 e. The SMILES string of the molecule is CCCCc1cc(CC(C)C)ccc1O. The molecule has 0 saturated heterocycles. The number of phenolic OH excluding ortho intramolecular Hbond substituents is 1. The zero-order valence-electron chi connectivity index (χ0n) is 10.1. The molecule has 0 heterocycles. The van der Waals surface area contributed by atoms with Gasteiger partial charge in [0.25, 0.3) is 0 Å². The Morgan fingerprint density at radius 3 is 2.60 bits per heavy atom. The van der Waals surface area contributed by atoms with Crippen molar-refractivity contribution < 1.29 is 5.11 Å². The molecule has 0 radical (unpaired) electrons. The number of hydrogen-bond donors (Lipinski definition) is 1. The van der Waals surface area contributed by atoms with Crippen molar-refractivity contribution in [3.63, 3.8) is 0 Å². The van der Waals surface area contributed by atoms with Gasteiger partial charge in [0.15, 0.2) is 0 Å². The van der Waals surface area contributed by atoms with Gasteiger partial charge in [-0.25, -0.2) is 0 Å². The van der Waals surface area contributed by atoms with Gasteiger partial charge in [0.05, 0.1) is 0 Å². The molecule has 0 aliphatic rings. The van der Waals surface area contributed by atoms with Gasteiger partial charge in [-0.2, -0.15) is 0 Å². The lowest BCUT2D eigenvalue weighted by atomic mass is 9.98. The Hall–Kier alpha value is -0.980. The van der Waals surface area contributed by atoms with Crippen molar-refractivity contribution in [1.29, 1.82) is 0 Å². The van der Waals surface area contributed by atoms with Crippen LogP contribution in [0.5, 0.6) is 5.75 Å². The summed E-state index contributed by atoms with van der Waals surface area (Å²) < 4.78 is 0. The Labute approximate surface area is 93.1 Å². The van der Waals surface area contributed by atoms with E-state index in [9.17, 15) is 5.11 Å². The fourth-order valence-corrected chi connectivity index (χ4v) is 1.80. The molecule has 0 aliphatic carbocycles. The zero-order chi connectivity index (χ0) is 11.3. The average molecular weight is 206 g/mol. The van der Waals surface area contributed by atoms with Gasteiger partial charge in [-0.05, 0) is 42.4 Å². The summed E-state index contributed by atoms with van der Waals surface area (Å²) in [4.78, 5) is 0. The van der Waals surface area contributed by atoms with Crippen LogP contribution in [0.25, 0.3) is 0 Å². The molecule has 0 unspecified atom stereocenters. The normalized spacial score (nSPS) is 10.9. The molecule has 0 aliphatic heterocycles. The molecule has 1 nitrogen and oxygen atoms in total. The zero-order valence-corrected chi connectivity index (χ0v) is 10.1. The highest BCUT2D eigenvalue weighted by Crippen LogP contribution is 2.22. The number of hydrogen-bond acceptors (Lipinski definition) is 1. The molecule has 0 bridgehead atoms. The van der Waals surface area contributed by atoms with Gasteiger partial charge in [0.2, 0.25) is 0 Å². The van der Waals surface area contributed by atoms with E-state index in [0.717, 1.165) is 24.8 Å². The van der Waals surface area contributed by atoms with Gasteiger partial charge in [0, 0.05) is 0 Å². The molecule has 0 saturated carbocycles. The fourth-order valence-electron chi connectivity index (χ4n) is 1.80. The largest absolute Gasteiger partial charge is 0.508 e. The lowest BCUT2D eigenvalue weighted by Crippen LogP contribution is -1.95.